The lowest BCUT2D eigenvalue weighted by Crippen LogP contribution is -2.43. The van der Waals surface area contributed by atoms with Crippen molar-refractivity contribution in [3.63, 3.8) is 0 Å². The molecule has 0 rings (SSSR count). The number of ketones is 1. The van der Waals surface area contributed by atoms with E-state index in [1.807, 2.05) is 0 Å². The molecule has 0 aliphatic heterocycles. The summed E-state index contributed by atoms with van der Waals surface area (Å²) in [5.74, 6) is -2.12. The molecule has 0 heterocycles. The predicted molar refractivity (Wildman–Crippen MR) is 83.7 cm³/mol. The zero-order chi connectivity index (χ0) is 19.4. The first-order valence-electron chi connectivity index (χ1n) is 7.70. The highest BCUT2D eigenvalue weighted by Gasteiger charge is 2.25. The summed E-state index contributed by atoms with van der Waals surface area (Å²) in [6.07, 6.45) is -0.788. The molecule has 10 heteroatoms. The highest BCUT2D eigenvalue weighted by molar-refractivity contribution is 6.25. The molecule has 0 aromatic carbocycles. The number of carbonyl (C=O) groups is 4. The van der Waals surface area contributed by atoms with Gasteiger partial charge < -0.3 is 19.5 Å². The van der Waals surface area contributed by atoms with E-state index in [-0.39, 0.29) is 18.8 Å². The summed E-state index contributed by atoms with van der Waals surface area (Å²) in [5.41, 5.74) is 6.58. The maximum Gasteiger partial charge on any atom is 0.410 e. The van der Waals surface area contributed by atoms with E-state index in [4.69, 9.17) is 10.3 Å². The fourth-order valence-electron chi connectivity index (χ4n) is 1.48. The van der Waals surface area contributed by atoms with Crippen LogP contribution < -0.4 is 5.32 Å². The third-order valence-corrected chi connectivity index (χ3v) is 2.68. The number of esters is 2. The molecule has 1 amide bonds. The van der Waals surface area contributed by atoms with Crippen LogP contribution in [0.2, 0.25) is 0 Å². The molecule has 0 saturated heterocycles. The monoisotopic (exact) mass is 358 g/mol. The molecular weight excluding hydrogens is 334 g/mol. The summed E-state index contributed by atoms with van der Waals surface area (Å²) in [6, 6.07) is -1.13. The quantitative estimate of drug-likeness (QED) is 0.193. The maximum atomic E-state index is 12.0. The molecule has 1 unspecified atom stereocenters. The topological polar surface area (TPSA) is 146 Å². The van der Waals surface area contributed by atoms with Gasteiger partial charge in [-0.1, -0.05) is 13.8 Å². The number of carbonyl (C=O) groups excluding carboxylic acids is 4. The largest absolute Gasteiger partial charge is 0.461 e. The van der Waals surface area contributed by atoms with Gasteiger partial charge in [0.25, 0.3) is 0 Å². The molecule has 0 saturated carbocycles. The Labute approximate surface area is 145 Å². The van der Waals surface area contributed by atoms with E-state index in [0.29, 0.717) is 0 Å². The minimum atomic E-state index is -1.13. The van der Waals surface area contributed by atoms with E-state index in [0.717, 1.165) is 6.21 Å². The Kier molecular flexibility index (Phi) is 10.5. The van der Waals surface area contributed by atoms with E-state index in [1.54, 1.807) is 27.7 Å². The van der Waals surface area contributed by atoms with Gasteiger partial charge in [0.1, 0.15) is 6.04 Å². The molecule has 0 radical (unpaired) electrons. The minimum absolute atomic E-state index is 0.0582. The van der Waals surface area contributed by atoms with Crippen molar-refractivity contribution >= 4 is 30.0 Å². The molecule has 0 fully saturated rings. The molecule has 0 bridgehead atoms. The fourth-order valence-corrected chi connectivity index (χ4v) is 1.48. The number of alkyl carbamates (subject to hydrolysis) is 1. The van der Waals surface area contributed by atoms with Crippen molar-refractivity contribution in [2.75, 3.05) is 6.79 Å². The molecule has 0 spiro atoms. The van der Waals surface area contributed by atoms with Gasteiger partial charge in [0.15, 0.2) is 0 Å². The van der Waals surface area contributed by atoms with Crippen molar-refractivity contribution in [3.05, 3.63) is 0 Å². The zero-order valence-corrected chi connectivity index (χ0v) is 14.7. The Bertz CT molecular complexity index is 539. The van der Waals surface area contributed by atoms with Crippen LogP contribution in [0.1, 0.15) is 40.5 Å². The Morgan fingerprint density at radius 2 is 1.72 bits per heavy atom. The van der Waals surface area contributed by atoms with Crippen molar-refractivity contribution < 1.29 is 38.2 Å². The second kappa shape index (κ2) is 11.7. The average Bonchev–Trinajstić information content (AvgIpc) is 2.50. The Morgan fingerprint density at radius 1 is 1.08 bits per heavy atom. The number of Topliss-reactive ketones (excluding diaryl/α,β-unsaturated/α-hetero) is 1. The predicted octanol–water partition coefficient (Wildman–Crippen LogP) is 0.849. The first-order valence-corrected chi connectivity index (χ1v) is 7.70. The summed E-state index contributed by atoms with van der Waals surface area (Å²) < 4.78 is 14.3. The zero-order valence-electron chi connectivity index (χ0n) is 14.7. The number of ether oxygens (including phenoxy) is 3. The molecule has 10 nitrogen and oxygen atoms in total. The van der Waals surface area contributed by atoms with Crippen LogP contribution in [0.5, 0.6) is 0 Å². The van der Waals surface area contributed by atoms with Crippen LogP contribution in [0.4, 0.5) is 4.79 Å². The van der Waals surface area contributed by atoms with Gasteiger partial charge in [0, 0.05) is 6.42 Å². The average molecular weight is 358 g/mol. The third kappa shape index (κ3) is 10.6. The molecule has 0 aliphatic rings. The summed E-state index contributed by atoms with van der Waals surface area (Å²) >= 11 is 0. The van der Waals surface area contributed by atoms with Gasteiger partial charge in [-0.05, 0) is 20.3 Å². The van der Waals surface area contributed by atoms with E-state index in [1.165, 1.54) is 0 Å². The van der Waals surface area contributed by atoms with Gasteiger partial charge in [-0.2, -0.15) is 0 Å². The second-order valence-corrected chi connectivity index (χ2v) is 5.61. The van der Waals surface area contributed by atoms with Crippen LogP contribution in [0.15, 0.2) is 0 Å². The molecule has 2 N–H and O–H groups in total. The Morgan fingerprint density at radius 3 is 2.24 bits per heavy atom. The normalized spacial score (nSPS) is 11.3. The van der Waals surface area contributed by atoms with Crippen LogP contribution in [0, 0.1) is 11.4 Å². The lowest BCUT2D eigenvalue weighted by atomic mass is 10.1. The fraction of sp³-hybridized carbons (Fsp3) is 0.667. The van der Waals surface area contributed by atoms with Gasteiger partial charge in [0.05, 0.1) is 22.3 Å². The number of hydrogen-bond donors (Lipinski definition) is 2. The van der Waals surface area contributed by atoms with Gasteiger partial charge in [-0.25, -0.2) is 9.59 Å². The third-order valence-electron chi connectivity index (χ3n) is 2.68. The smallest absolute Gasteiger partial charge is 0.410 e. The number of nitrogens with one attached hydrogen (secondary N) is 2. The molecular formula is C15H24N3O7+. The second-order valence-electron chi connectivity index (χ2n) is 5.61. The maximum absolute atomic E-state index is 12.0. The molecule has 0 aromatic rings. The van der Waals surface area contributed by atoms with E-state index >= 15 is 0 Å². The lowest BCUT2D eigenvalue weighted by molar-refractivity contribution is -0.156. The summed E-state index contributed by atoms with van der Waals surface area (Å²) in [4.78, 5) is 49.1. The number of amides is 1. The highest BCUT2D eigenvalue weighted by Crippen LogP contribution is 2.04. The van der Waals surface area contributed by atoms with Crippen LogP contribution in [0.3, 0.4) is 0 Å². The van der Waals surface area contributed by atoms with E-state index in [9.17, 15) is 19.2 Å². The Hall–Kier alpha value is -2.74. The standard InChI is InChI=1S/C15H23N3O7/c1-9(2)13(20)23-8-24-15(22)18-12(14(21)25-10(3)4)6-5-11(19)7-17-16/h7,9-10,12,16H,5-6,8H2,1-4H3/p+1. The highest BCUT2D eigenvalue weighted by atomic mass is 16.7. The molecule has 1 atom stereocenters. The first kappa shape index (κ1) is 22.3. The van der Waals surface area contributed by atoms with Crippen LogP contribution in [-0.2, 0) is 28.6 Å². The van der Waals surface area contributed by atoms with E-state index < -0.39 is 42.8 Å². The molecule has 25 heavy (non-hydrogen) atoms. The minimum Gasteiger partial charge on any atom is -0.461 e. The van der Waals surface area contributed by atoms with Crippen molar-refractivity contribution in [1.82, 2.24) is 5.32 Å². The number of rotatable bonds is 10. The summed E-state index contributed by atoms with van der Waals surface area (Å²) in [6.45, 7) is 5.92. The molecule has 0 aromatic heterocycles. The van der Waals surface area contributed by atoms with Crippen molar-refractivity contribution in [3.8, 4) is 0 Å². The van der Waals surface area contributed by atoms with E-state index in [2.05, 4.69) is 19.6 Å². The molecule has 0 aliphatic carbocycles. The lowest BCUT2D eigenvalue weighted by Gasteiger charge is -2.18. The van der Waals surface area contributed by atoms with Crippen molar-refractivity contribution in [1.29, 1.82) is 5.53 Å². The van der Waals surface area contributed by atoms with Crippen molar-refractivity contribution in [2.45, 2.75) is 52.7 Å². The number of hydrogen-bond acceptors (Lipinski definition) is 8. The van der Waals surface area contributed by atoms with Crippen LogP contribution in [0.25, 0.3) is 0 Å². The van der Waals surface area contributed by atoms with Gasteiger partial charge in [-0.15, -0.1) is 0 Å². The van der Waals surface area contributed by atoms with Gasteiger partial charge in [0.2, 0.25) is 12.6 Å². The molecule has 140 valence electrons. The van der Waals surface area contributed by atoms with Gasteiger partial charge in [-0.3, -0.25) is 9.59 Å². The first-order chi connectivity index (χ1) is 11.7. The summed E-state index contributed by atoms with van der Waals surface area (Å²) in [7, 11) is 0. The van der Waals surface area contributed by atoms with Crippen LogP contribution in [-0.4, -0.2) is 53.8 Å². The summed E-state index contributed by atoms with van der Waals surface area (Å²) in [5, 5.41) is 2.25. The number of nitrogens with zero attached hydrogens (tertiary/aromatic N) is 1. The Balaban J connectivity index is 4.61. The van der Waals surface area contributed by atoms with Crippen LogP contribution >= 0.6 is 0 Å². The SMILES string of the molecule is CC(C)OC(=O)C(CCC(=O)C=[N+]=N)NC(=O)OCOC(=O)C(C)C. The van der Waals surface area contributed by atoms with Crippen molar-refractivity contribution in [2.24, 2.45) is 5.92 Å². The van der Waals surface area contributed by atoms with Gasteiger partial charge >= 0.3 is 24.2 Å².